The van der Waals surface area contributed by atoms with E-state index in [0.29, 0.717) is 0 Å². The molecule has 1 N–H and O–H groups in total. The standard InChI is InChI=1S/C13H14O3S.C4H10.C2H6/c1-3-10-4-5-13-9(2)6-12(17(14,15)16)8-11(13)7-10;1-3-4-2;1-2/h4-8H,3H2,1-2H3,(H,14,15,16);3-4H2,1-2H3;1-2H3. The molecule has 2 rings (SSSR count). The summed E-state index contributed by atoms with van der Waals surface area (Å²) in [6.07, 6.45) is 3.53. The Morgan fingerprint density at radius 1 is 0.957 bits per heavy atom. The lowest BCUT2D eigenvalue weighted by Crippen LogP contribution is -1.98. The van der Waals surface area contributed by atoms with Crippen molar-refractivity contribution in [2.75, 3.05) is 0 Å². The summed E-state index contributed by atoms with van der Waals surface area (Å²) in [7, 11) is -4.14. The van der Waals surface area contributed by atoms with E-state index < -0.39 is 10.1 Å². The van der Waals surface area contributed by atoms with Crippen molar-refractivity contribution in [1.82, 2.24) is 0 Å². The molecule has 0 radical (unpaired) electrons. The van der Waals surface area contributed by atoms with Crippen molar-refractivity contribution in [3.05, 3.63) is 41.5 Å². The lowest BCUT2D eigenvalue weighted by atomic mass is 10.0. The number of unbranched alkanes of at least 4 members (excludes halogenated alkanes) is 1. The van der Waals surface area contributed by atoms with E-state index in [0.717, 1.165) is 28.3 Å². The third kappa shape index (κ3) is 6.71. The number of aryl methyl sites for hydroxylation is 2. The first-order valence-corrected chi connectivity index (χ1v) is 9.78. The summed E-state index contributed by atoms with van der Waals surface area (Å²) >= 11 is 0. The average Bonchev–Trinajstić information content (AvgIpc) is 2.55. The van der Waals surface area contributed by atoms with Crippen LogP contribution in [0, 0.1) is 6.92 Å². The van der Waals surface area contributed by atoms with Crippen LogP contribution in [0.2, 0.25) is 0 Å². The van der Waals surface area contributed by atoms with Crippen LogP contribution in [0.4, 0.5) is 0 Å². The molecule has 0 atom stereocenters. The van der Waals surface area contributed by atoms with Crippen LogP contribution in [0.3, 0.4) is 0 Å². The highest BCUT2D eigenvalue weighted by Gasteiger charge is 2.11. The Labute approximate surface area is 141 Å². The van der Waals surface area contributed by atoms with Gasteiger partial charge >= 0.3 is 0 Å². The molecule has 0 aliphatic carbocycles. The van der Waals surface area contributed by atoms with E-state index in [1.165, 1.54) is 25.0 Å². The molecule has 0 unspecified atom stereocenters. The van der Waals surface area contributed by atoms with Gasteiger partial charge in [-0.3, -0.25) is 4.55 Å². The number of rotatable bonds is 3. The van der Waals surface area contributed by atoms with Crippen LogP contribution in [0.15, 0.2) is 35.2 Å². The fourth-order valence-electron chi connectivity index (χ4n) is 1.95. The molecule has 0 spiro atoms. The highest BCUT2D eigenvalue weighted by Crippen LogP contribution is 2.24. The first-order chi connectivity index (χ1) is 10.8. The molecular formula is C19H30O3S. The van der Waals surface area contributed by atoms with Crippen LogP contribution < -0.4 is 0 Å². The summed E-state index contributed by atoms with van der Waals surface area (Å²) in [4.78, 5) is -0.0456. The Bertz CT molecular complexity index is 702. The third-order valence-corrected chi connectivity index (χ3v) is 4.23. The first kappa shape index (κ1) is 21.6. The van der Waals surface area contributed by atoms with E-state index in [9.17, 15) is 8.42 Å². The summed E-state index contributed by atoms with van der Waals surface area (Å²) in [5.74, 6) is 0. The molecule has 0 saturated carbocycles. The summed E-state index contributed by atoms with van der Waals surface area (Å²) in [6.45, 7) is 12.2. The molecule has 3 nitrogen and oxygen atoms in total. The van der Waals surface area contributed by atoms with Gasteiger partial charge in [-0.05, 0) is 47.4 Å². The number of fused-ring (bicyclic) bond motifs is 1. The molecule has 23 heavy (non-hydrogen) atoms. The maximum Gasteiger partial charge on any atom is 0.294 e. The molecule has 4 heteroatoms. The molecule has 0 amide bonds. The van der Waals surface area contributed by atoms with Crippen LogP contribution in [-0.2, 0) is 16.5 Å². The number of hydrogen-bond donors (Lipinski definition) is 1. The monoisotopic (exact) mass is 338 g/mol. The van der Waals surface area contributed by atoms with Crippen LogP contribution in [0.25, 0.3) is 10.8 Å². The Morgan fingerprint density at radius 2 is 1.52 bits per heavy atom. The van der Waals surface area contributed by atoms with E-state index in [4.69, 9.17) is 4.55 Å². The van der Waals surface area contributed by atoms with Crippen molar-refractivity contribution in [1.29, 1.82) is 0 Å². The van der Waals surface area contributed by atoms with Gasteiger partial charge in [-0.25, -0.2) is 0 Å². The highest BCUT2D eigenvalue weighted by molar-refractivity contribution is 7.85. The predicted molar refractivity (Wildman–Crippen MR) is 99.8 cm³/mol. The summed E-state index contributed by atoms with van der Waals surface area (Å²) in [5.41, 5.74) is 1.99. The quantitative estimate of drug-likeness (QED) is 0.721. The van der Waals surface area contributed by atoms with Crippen molar-refractivity contribution < 1.29 is 13.0 Å². The van der Waals surface area contributed by atoms with Crippen molar-refractivity contribution in [2.24, 2.45) is 0 Å². The number of benzene rings is 2. The minimum absolute atomic E-state index is 0.0456. The fourth-order valence-corrected chi connectivity index (χ4v) is 2.55. The van der Waals surface area contributed by atoms with Gasteiger partial charge in [0.25, 0.3) is 10.1 Å². The Morgan fingerprint density at radius 3 is 1.96 bits per heavy atom. The molecule has 130 valence electrons. The van der Waals surface area contributed by atoms with Crippen LogP contribution >= 0.6 is 0 Å². The van der Waals surface area contributed by atoms with Gasteiger partial charge in [0.2, 0.25) is 0 Å². The van der Waals surface area contributed by atoms with Gasteiger partial charge in [0.05, 0.1) is 4.90 Å². The Balaban J connectivity index is 0.000000705. The molecule has 2 aromatic carbocycles. The van der Waals surface area contributed by atoms with Gasteiger partial charge in [0, 0.05) is 0 Å². The van der Waals surface area contributed by atoms with Crippen LogP contribution in [0.1, 0.15) is 58.6 Å². The molecular weight excluding hydrogens is 308 g/mol. The fraction of sp³-hybridized carbons (Fsp3) is 0.474. The SMILES string of the molecule is CC.CCCC.CCc1ccc2c(C)cc(S(=O)(=O)O)cc2c1. The lowest BCUT2D eigenvalue weighted by Gasteiger charge is -2.07. The molecule has 2 aromatic rings. The van der Waals surface area contributed by atoms with Crippen molar-refractivity contribution in [2.45, 2.75) is 65.7 Å². The molecule has 0 fully saturated rings. The Hall–Kier alpha value is -1.39. The summed E-state index contributed by atoms with van der Waals surface area (Å²) in [5, 5.41) is 1.85. The van der Waals surface area contributed by atoms with Gasteiger partial charge in [-0.2, -0.15) is 8.42 Å². The lowest BCUT2D eigenvalue weighted by molar-refractivity contribution is 0.483. The maximum atomic E-state index is 11.1. The topological polar surface area (TPSA) is 54.4 Å². The van der Waals surface area contributed by atoms with E-state index in [1.807, 2.05) is 45.9 Å². The molecule has 0 heterocycles. The molecule has 0 saturated heterocycles. The van der Waals surface area contributed by atoms with Crippen molar-refractivity contribution in [3.8, 4) is 0 Å². The van der Waals surface area contributed by atoms with E-state index in [2.05, 4.69) is 13.8 Å². The van der Waals surface area contributed by atoms with Crippen LogP contribution in [-0.4, -0.2) is 13.0 Å². The van der Waals surface area contributed by atoms with Crippen molar-refractivity contribution >= 4 is 20.9 Å². The maximum absolute atomic E-state index is 11.1. The second kappa shape index (κ2) is 10.4. The van der Waals surface area contributed by atoms with Gasteiger partial charge in [-0.15, -0.1) is 0 Å². The minimum Gasteiger partial charge on any atom is -0.282 e. The zero-order valence-corrected chi connectivity index (χ0v) is 16.0. The van der Waals surface area contributed by atoms with E-state index in [-0.39, 0.29) is 4.90 Å². The molecule has 0 bridgehead atoms. The number of hydrogen-bond acceptors (Lipinski definition) is 2. The van der Waals surface area contributed by atoms with E-state index in [1.54, 1.807) is 0 Å². The predicted octanol–water partition coefficient (Wildman–Crippen LogP) is 5.79. The van der Waals surface area contributed by atoms with E-state index >= 15 is 0 Å². The van der Waals surface area contributed by atoms with Gasteiger partial charge in [0.1, 0.15) is 0 Å². The third-order valence-electron chi connectivity index (χ3n) is 3.40. The van der Waals surface area contributed by atoms with Gasteiger partial charge < -0.3 is 0 Å². The Kier molecular flexibility index (Phi) is 9.77. The summed E-state index contributed by atoms with van der Waals surface area (Å²) in [6, 6.07) is 8.97. The largest absolute Gasteiger partial charge is 0.294 e. The summed E-state index contributed by atoms with van der Waals surface area (Å²) < 4.78 is 31.3. The van der Waals surface area contributed by atoms with Gasteiger partial charge in [0.15, 0.2) is 0 Å². The van der Waals surface area contributed by atoms with Gasteiger partial charge in [-0.1, -0.05) is 65.7 Å². The second-order valence-corrected chi connectivity index (χ2v) is 6.55. The average molecular weight is 339 g/mol. The van der Waals surface area contributed by atoms with Crippen molar-refractivity contribution in [3.63, 3.8) is 0 Å². The minimum atomic E-state index is -4.14. The molecule has 0 aliphatic heterocycles. The molecule has 0 aliphatic rings. The smallest absolute Gasteiger partial charge is 0.282 e. The second-order valence-electron chi connectivity index (χ2n) is 5.12. The first-order valence-electron chi connectivity index (χ1n) is 8.34. The highest BCUT2D eigenvalue weighted by atomic mass is 32.2. The normalized spacial score (nSPS) is 10.4. The zero-order chi connectivity index (χ0) is 18.0. The van der Waals surface area contributed by atoms with Crippen LogP contribution in [0.5, 0.6) is 0 Å². The zero-order valence-electron chi connectivity index (χ0n) is 15.2. The molecule has 0 aromatic heterocycles.